The summed E-state index contributed by atoms with van der Waals surface area (Å²) in [6.07, 6.45) is 5.22. The minimum absolute atomic E-state index is 0.216. The van der Waals surface area contributed by atoms with Crippen LogP contribution in [0.5, 0.6) is 0 Å². The molecule has 0 aliphatic carbocycles. The molecule has 0 spiro atoms. The van der Waals surface area contributed by atoms with E-state index in [9.17, 15) is 4.39 Å². The number of piperidine rings is 1. The topological polar surface area (TPSA) is 56.8 Å². The fraction of sp³-hybridized carbons (Fsp3) is 0.333. The van der Waals surface area contributed by atoms with Crippen molar-refractivity contribution in [3.05, 3.63) is 52.6 Å². The molecule has 1 fully saturated rings. The van der Waals surface area contributed by atoms with Gasteiger partial charge in [0.1, 0.15) is 23.6 Å². The van der Waals surface area contributed by atoms with Crippen molar-refractivity contribution in [3.63, 3.8) is 0 Å². The summed E-state index contributed by atoms with van der Waals surface area (Å²) in [5.41, 5.74) is 1.60. The minimum Gasteiger partial charge on any atom is -0.356 e. The normalized spacial score (nSPS) is 17.2. The molecule has 0 saturated carbocycles. The fourth-order valence-corrected chi connectivity index (χ4v) is 4.19. The van der Waals surface area contributed by atoms with E-state index in [-0.39, 0.29) is 11.4 Å². The highest BCUT2D eigenvalue weighted by atomic mass is 79.9. The summed E-state index contributed by atoms with van der Waals surface area (Å²) in [6, 6.07) is 7.13. The zero-order chi connectivity index (χ0) is 17.4. The van der Waals surface area contributed by atoms with Crippen LogP contribution in [0, 0.1) is 5.82 Å². The molecule has 3 aromatic rings. The van der Waals surface area contributed by atoms with Gasteiger partial charge in [0.15, 0.2) is 0 Å². The summed E-state index contributed by atoms with van der Waals surface area (Å²) in [5, 5.41) is 4.47. The number of hydrogen-bond donors (Lipinski definition) is 2. The average Bonchev–Trinajstić information content (AvgIpc) is 3.10. The number of nitrogens with one attached hydrogen (secondary N) is 2. The van der Waals surface area contributed by atoms with E-state index in [4.69, 9.17) is 0 Å². The molecule has 0 atom stereocenters. The lowest BCUT2D eigenvalue weighted by atomic mass is 9.81. The molecule has 1 saturated heterocycles. The first-order valence-corrected chi connectivity index (χ1v) is 9.09. The quantitative estimate of drug-likeness (QED) is 0.701. The molecule has 5 nitrogen and oxygen atoms in total. The molecule has 2 aromatic heterocycles. The van der Waals surface area contributed by atoms with Gasteiger partial charge in [-0.3, -0.25) is 0 Å². The average molecular weight is 404 g/mol. The number of nitrogens with zero attached hydrogens (tertiary/aromatic N) is 3. The Morgan fingerprint density at radius 2 is 2.04 bits per heavy atom. The SMILES string of the molecule is CNC1(c2cc(F)cc(Br)c2)CCN(c2ncnc3[nH]ccc23)CC1. The van der Waals surface area contributed by atoms with Gasteiger partial charge in [-0.15, -0.1) is 0 Å². The first-order chi connectivity index (χ1) is 12.1. The molecule has 2 N–H and O–H groups in total. The van der Waals surface area contributed by atoms with E-state index >= 15 is 0 Å². The maximum Gasteiger partial charge on any atom is 0.142 e. The third-order valence-corrected chi connectivity index (χ3v) is 5.60. The summed E-state index contributed by atoms with van der Waals surface area (Å²) < 4.78 is 14.6. The van der Waals surface area contributed by atoms with Crippen molar-refractivity contribution >= 4 is 32.8 Å². The molecule has 0 amide bonds. The van der Waals surface area contributed by atoms with Crippen LogP contribution in [-0.4, -0.2) is 35.1 Å². The number of fused-ring (bicyclic) bond motifs is 1. The van der Waals surface area contributed by atoms with Crippen LogP contribution in [0.2, 0.25) is 0 Å². The van der Waals surface area contributed by atoms with Crippen LogP contribution in [0.4, 0.5) is 10.2 Å². The third kappa shape index (κ3) is 2.91. The molecule has 1 aliphatic heterocycles. The number of benzene rings is 1. The van der Waals surface area contributed by atoms with Crippen LogP contribution in [-0.2, 0) is 5.54 Å². The molecule has 1 aromatic carbocycles. The lowest BCUT2D eigenvalue weighted by molar-refractivity contribution is 0.281. The third-order valence-electron chi connectivity index (χ3n) is 5.14. The fourth-order valence-electron chi connectivity index (χ4n) is 3.72. The number of rotatable bonds is 3. The van der Waals surface area contributed by atoms with Gasteiger partial charge in [-0.25, -0.2) is 14.4 Å². The number of halogens is 2. The Morgan fingerprint density at radius 3 is 2.76 bits per heavy atom. The molecule has 4 rings (SSSR count). The van der Waals surface area contributed by atoms with Crippen LogP contribution in [0.3, 0.4) is 0 Å². The number of aromatic amines is 1. The predicted molar refractivity (Wildman–Crippen MR) is 100 cm³/mol. The number of aromatic nitrogens is 3. The highest BCUT2D eigenvalue weighted by Gasteiger charge is 2.36. The molecule has 0 radical (unpaired) electrons. The maximum atomic E-state index is 13.9. The van der Waals surface area contributed by atoms with Gasteiger partial charge in [0, 0.05) is 29.3 Å². The first-order valence-electron chi connectivity index (χ1n) is 8.30. The molecule has 3 heterocycles. The number of hydrogen-bond acceptors (Lipinski definition) is 4. The summed E-state index contributed by atoms with van der Waals surface area (Å²) in [7, 11) is 1.95. The van der Waals surface area contributed by atoms with Crippen LogP contribution in [0.25, 0.3) is 11.0 Å². The van der Waals surface area contributed by atoms with Gasteiger partial charge in [-0.2, -0.15) is 0 Å². The van der Waals surface area contributed by atoms with Gasteiger partial charge in [-0.05, 0) is 49.7 Å². The van der Waals surface area contributed by atoms with Crippen molar-refractivity contribution in [1.29, 1.82) is 0 Å². The maximum absolute atomic E-state index is 13.9. The number of H-pyrrole nitrogens is 1. The highest BCUT2D eigenvalue weighted by Crippen LogP contribution is 2.36. The van der Waals surface area contributed by atoms with Gasteiger partial charge in [0.25, 0.3) is 0 Å². The molecule has 7 heteroatoms. The Bertz CT molecular complexity index is 881. The summed E-state index contributed by atoms with van der Waals surface area (Å²) >= 11 is 3.41. The predicted octanol–water partition coefficient (Wildman–Crippen LogP) is 3.57. The lowest BCUT2D eigenvalue weighted by Gasteiger charge is -2.42. The first kappa shape index (κ1) is 16.5. The second-order valence-electron chi connectivity index (χ2n) is 6.41. The standard InChI is InChI=1S/C18H19BrFN5/c1-21-18(12-8-13(19)10-14(20)9-12)3-6-25(7-4-18)17-15-2-5-22-16(15)23-11-24-17/h2,5,8-11,21H,3-4,6-7H2,1H3,(H,22,23,24). The van der Waals surface area contributed by atoms with Crippen LogP contribution in [0.15, 0.2) is 41.3 Å². The van der Waals surface area contributed by atoms with Crippen LogP contribution >= 0.6 is 15.9 Å². The van der Waals surface area contributed by atoms with E-state index < -0.39 is 0 Å². The summed E-state index contributed by atoms with van der Waals surface area (Å²) in [6.45, 7) is 1.68. The molecule has 130 valence electrons. The molecule has 1 aliphatic rings. The lowest BCUT2D eigenvalue weighted by Crippen LogP contribution is -2.50. The van der Waals surface area contributed by atoms with Gasteiger partial charge < -0.3 is 15.2 Å². The zero-order valence-electron chi connectivity index (χ0n) is 13.9. The van der Waals surface area contributed by atoms with Gasteiger partial charge >= 0.3 is 0 Å². The van der Waals surface area contributed by atoms with Gasteiger partial charge in [-0.1, -0.05) is 15.9 Å². The van der Waals surface area contributed by atoms with Crippen molar-refractivity contribution in [2.24, 2.45) is 0 Å². The van der Waals surface area contributed by atoms with E-state index in [0.29, 0.717) is 0 Å². The van der Waals surface area contributed by atoms with Gasteiger partial charge in [0.2, 0.25) is 0 Å². The van der Waals surface area contributed by atoms with Crippen molar-refractivity contribution in [2.75, 3.05) is 25.0 Å². The van der Waals surface area contributed by atoms with Crippen molar-refractivity contribution in [2.45, 2.75) is 18.4 Å². The Balaban J connectivity index is 1.62. The smallest absolute Gasteiger partial charge is 0.142 e. The summed E-state index contributed by atoms with van der Waals surface area (Å²) in [4.78, 5) is 14.1. The molecule has 0 bridgehead atoms. The van der Waals surface area contributed by atoms with Crippen molar-refractivity contribution < 1.29 is 4.39 Å². The second-order valence-corrected chi connectivity index (χ2v) is 7.33. The van der Waals surface area contributed by atoms with E-state index in [1.165, 1.54) is 6.07 Å². The molecule has 25 heavy (non-hydrogen) atoms. The van der Waals surface area contributed by atoms with Crippen molar-refractivity contribution in [1.82, 2.24) is 20.3 Å². The molecular weight excluding hydrogens is 385 g/mol. The number of anilines is 1. The van der Waals surface area contributed by atoms with E-state index in [2.05, 4.69) is 41.1 Å². The highest BCUT2D eigenvalue weighted by molar-refractivity contribution is 9.10. The second kappa shape index (κ2) is 6.38. The Hall–Kier alpha value is -1.99. The molecular formula is C18H19BrFN5. The van der Waals surface area contributed by atoms with E-state index in [1.54, 1.807) is 12.4 Å². The van der Waals surface area contributed by atoms with Crippen LogP contribution in [0.1, 0.15) is 18.4 Å². The van der Waals surface area contributed by atoms with Gasteiger partial charge in [0.05, 0.1) is 5.39 Å². The minimum atomic E-state index is -0.231. The Morgan fingerprint density at radius 1 is 1.24 bits per heavy atom. The zero-order valence-corrected chi connectivity index (χ0v) is 15.5. The van der Waals surface area contributed by atoms with Crippen molar-refractivity contribution in [3.8, 4) is 0 Å². The molecule has 0 unspecified atom stereocenters. The van der Waals surface area contributed by atoms with E-state index in [0.717, 1.165) is 52.8 Å². The van der Waals surface area contributed by atoms with Crippen LogP contribution < -0.4 is 10.2 Å². The van der Waals surface area contributed by atoms with E-state index in [1.807, 2.05) is 25.4 Å². The largest absolute Gasteiger partial charge is 0.356 e. The Kier molecular flexibility index (Phi) is 4.21. The Labute approximate surface area is 153 Å². The summed E-state index contributed by atoms with van der Waals surface area (Å²) in [5.74, 6) is 0.739. The monoisotopic (exact) mass is 403 g/mol.